The van der Waals surface area contributed by atoms with Gasteiger partial charge in [0.2, 0.25) is 0 Å². The van der Waals surface area contributed by atoms with Gasteiger partial charge in [-0.15, -0.1) is 0 Å². The number of fused-ring (bicyclic) bond motifs is 1. The van der Waals surface area contributed by atoms with Crippen molar-refractivity contribution in [3.63, 3.8) is 0 Å². The number of pyridine rings is 1. The van der Waals surface area contributed by atoms with Crippen molar-refractivity contribution in [1.29, 1.82) is 0 Å². The first-order valence-electron chi connectivity index (χ1n) is 12.0. The Bertz CT molecular complexity index is 1550. The second kappa shape index (κ2) is 9.60. The number of benzene rings is 1. The third kappa shape index (κ3) is 5.15. The summed E-state index contributed by atoms with van der Waals surface area (Å²) in [6, 6.07) is 10.3. The van der Waals surface area contributed by atoms with E-state index in [4.69, 9.17) is 4.74 Å². The van der Waals surface area contributed by atoms with E-state index in [9.17, 15) is 13.2 Å². The van der Waals surface area contributed by atoms with Crippen LogP contribution in [0.2, 0.25) is 0 Å². The van der Waals surface area contributed by atoms with Gasteiger partial charge >= 0.3 is 6.09 Å². The Labute approximate surface area is 224 Å². The SMILES string of the molecule is CC(C)(C)OC(=O)N1CCC(n2cc(-c3cn(S(=O)(=O)c4ccccc4)c4ncc(Br)cc34)cn2)CC1. The van der Waals surface area contributed by atoms with E-state index >= 15 is 0 Å². The van der Waals surface area contributed by atoms with Gasteiger partial charge in [-0.3, -0.25) is 4.68 Å². The summed E-state index contributed by atoms with van der Waals surface area (Å²) in [5, 5.41) is 5.30. The summed E-state index contributed by atoms with van der Waals surface area (Å²) in [6.45, 7) is 6.75. The van der Waals surface area contributed by atoms with Gasteiger partial charge in [0.15, 0.2) is 5.65 Å². The number of hydrogen-bond acceptors (Lipinski definition) is 6. The average Bonchev–Trinajstić information content (AvgIpc) is 3.49. The first-order chi connectivity index (χ1) is 17.5. The van der Waals surface area contributed by atoms with Gasteiger partial charge in [0, 0.05) is 52.7 Å². The minimum atomic E-state index is -3.84. The zero-order chi connectivity index (χ0) is 26.4. The fourth-order valence-corrected chi connectivity index (χ4v) is 6.17. The van der Waals surface area contributed by atoms with Crippen LogP contribution in [0.15, 0.2) is 70.6 Å². The Balaban J connectivity index is 1.43. The Morgan fingerprint density at radius 3 is 2.46 bits per heavy atom. The number of carbonyl (C=O) groups excluding carboxylic acids is 1. The average molecular weight is 587 g/mol. The predicted octanol–water partition coefficient (Wildman–Crippen LogP) is 5.47. The summed E-state index contributed by atoms with van der Waals surface area (Å²) in [5.74, 6) is 0. The highest BCUT2D eigenvalue weighted by atomic mass is 79.9. The quantitative estimate of drug-likeness (QED) is 0.315. The molecule has 4 heterocycles. The fourth-order valence-electron chi connectivity index (χ4n) is 4.49. The zero-order valence-corrected chi connectivity index (χ0v) is 23.2. The second-order valence-electron chi connectivity index (χ2n) is 10.1. The van der Waals surface area contributed by atoms with E-state index in [1.54, 1.807) is 53.8 Å². The van der Waals surface area contributed by atoms with E-state index in [0.717, 1.165) is 28.4 Å². The monoisotopic (exact) mass is 585 g/mol. The summed E-state index contributed by atoms with van der Waals surface area (Å²) in [4.78, 5) is 18.8. The molecule has 0 atom stereocenters. The number of hydrogen-bond donors (Lipinski definition) is 0. The molecule has 1 amide bonds. The van der Waals surface area contributed by atoms with Crippen LogP contribution in [0.4, 0.5) is 4.79 Å². The molecular formula is C26H28BrN5O4S. The largest absolute Gasteiger partial charge is 0.444 e. The molecule has 4 aromatic rings. The summed E-state index contributed by atoms with van der Waals surface area (Å²) in [6.07, 6.45) is 8.08. The van der Waals surface area contributed by atoms with Crippen LogP contribution in [0.1, 0.15) is 39.7 Å². The lowest BCUT2D eigenvalue weighted by molar-refractivity contribution is 0.0185. The summed E-state index contributed by atoms with van der Waals surface area (Å²) in [7, 11) is -3.84. The topological polar surface area (TPSA) is 99.3 Å². The van der Waals surface area contributed by atoms with E-state index in [1.165, 1.54) is 3.97 Å². The molecule has 11 heteroatoms. The molecule has 9 nitrogen and oxygen atoms in total. The first kappa shape index (κ1) is 25.5. The third-order valence-electron chi connectivity index (χ3n) is 6.28. The minimum absolute atomic E-state index is 0.124. The fraction of sp³-hybridized carbons (Fsp3) is 0.346. The molecule has 0 unspecified atom stereocenters. The number of likely N-dealkylation sites (tertiary alicyclic amines) is 1. The molecule has 0 bridgehead atoms. The van der Waals surface area contributed by atoms with Crippen LogP contribution in [0, 0.1) is 0 Å². The van der Waals surface area contributed by atoms with Crippen LogP contribution < -0.4 is 0 Å². The summed E-state index contributed by atoms with van der Waals surface area (Å²) in [5.41, 5.74) is 1.34. The van der Waals surface area contributed by atoms with Crippen molar-refractivity contribution in [2.45, 2.75) is 50.2 Å². The molecule has 194 valence electrons. The Morgan fingerprint density at radius 2 is 1.78 bits per heavy atom. The highest BCUT2D eigenvalue weighted by molar-refractivity contribution is 9.10. The van der Waals surface area contributed by atoms with Gasteiger partial charge < -0.3 is 9.64 Å². The number of amides is 1. The van der Waals surface area contributed by atoms with Gasteiger partial charge in [-0.2, -0.15) is 5.10 Å². The van der Waals surface area contributed by atoms with Crippen LogP contribution in [0.3, 0.4) is 0 Å². The van der Waals surface area contributed by atoms with Crippen molar-refractivity contribution < 1.29 is 17.9 Å². The van der Waals surface area contributed by atoms with E-state index in [0.29, 0.717) is 24.1 Å². The van der Waals surface area contributed by atoms with Crippen molar-refractivity contribution in [2.24, 2.45) is 0 Å². The molecule has 1 aliphatic heterocycles. The lowest BCUT2D eigenvalue weighted by atomic mass is 10.1. The van der Waals surface area contributed by atoms with Crippen molar-refractivity contribution in [2.75, 3.05) is 13.1 Å². The molecule has 5 rings (SSSR count). The standard InChI is InChI=1S/C26H28BrN5O4S/c1-26(2,3)36-25(33)30-11-9-20(10-12-30)31-16-18(14-29-31)23-17-32(24-22(23)13-19(27)15-28-24)37(34,35)21-7-5-4-6-8-21/h4-8,13-17,20H,9-12H2,1-3H3. The molecule has 3 aromatic heterocycles. The maximum atomic E-state index is 13.5. The van der Waals surface area contributed by atoms with Crippen molar-refractivity contribution in [3.05, 3.63) is 65.7 Å². The van der Waals surface area contributed by atoms with Crippen molar-refractivity contribution in [1.82, 2.24) is 23.6 Å². The molecule has 0 aliphatic carbocycles. The zero-order valence-electron chi connectivity index (χ0n) is 20.8. The Morgan fingerprint density at radius 1 is 1.08 bits per heavy atom. The molecule has 0 radical (unpaired) electrons. The van der Waals surface area contributed by atoms with Gasteiger partial charge in [-0.25, -0.2) is 22.2 Å². The van der Waals surface area contributed by atoms with Crippen LogP contribution >= 0.6 is 15.9 Å². The number of rotatable bonds is 4. The van der Waals surface area contributed by atoms with Crippen molar-refractivity contribution in [3.8, 4) is 11.1 Å². The lowest BCUT2D eigenvalue weighted by Gasteiger charge is -2.33. The van der Waals surface area contributed by atoms with Crippen LogP contribution in [-0.4, -0.2) is 56.8 Å². The molecule has 37 heavy (non-hydrogen) atoms. The molecular weight excluding hydrogens is 558 g/mol. The van der Waals surface area contributed by atoms with E-state index in [1.807, 2.05) is 37.7 Å². The number of nitrogens with zero attached hydrogens (tertiary/aromatic N) is 5. The number of halogens is 1. The summed E-state index contributed by atoms with van der Waals surface area (Å²) < 4.78 is 36.3. The normalized spacial score (nSPS) is 15.3. The lowest BCUT2D eigenvalue weighted by Crippen LogP contribution is -2.42. The highest BCUT2D eigenvalue weighted by Crippen LogP contribution is 2.34. The molecule has 1 aromatic carbocycles. The molecule has 0 N–H and O–H groups in total. The molecule has 1 fully saturated rings. The van der Waals surface area contributed by atoms with E-state index < -0.39 is 15.6 Å². The van der Waals surface area contributed by atoms with E-state index in [2.05, 4.69) is 26.0 Å². The number of piperidine rings is 1. The molecule has 0 saturated carbocycles. The van der Waals surface area contributed by atoms with Crippen molar-refractivity contribution >= 4 is 43.1 Å². The minimum Gasteiger partial charge on any atom is -0.444 e. The van der Waals surface area contributed by atoms with Gasteiger partial charge in [-0.1, -0.05) is 18.2 Å². The maximum Gasteiger partial charge on any atom is 0.410 e. The maximum absolute atomic E-state index is 13.5. The summed E-state index contributed by atoms with van der Waals surface area (Å²) >= 11 is 3.46. The second-order valence-corrected chi connectivity index (χ2v) is 12.8. The van der Waals surface area contributed by atoms with Gasteiger partial charge in [0.1, 0.15) is 5.60 Å². The Kier molecular flexibility index (Phi) is 6.61. The first-order valence-corrected chi connectivity index (χ1v) is 14.3. The third-order valence-corrected chi connectivity index (χ3v) is 8.38. The van der Waals surface area contributed by atoms with Crippen LogP contribution in [-0.2, 0) is 14.8 Å². The number of ether oxygens (including phenoxy) is 1. The Hall–Kier alpha value is -3.18. The van der Waals surface area contributed by atoms with Gasteiger partial charge in [0.25, 0.3) is 10.0 Å². The van der Waals surface area contributed by atoms with Crippen LogP contribution in [0.5, 0.6) is 0 Å². The van der Waals surface area contributed by atoms with E-state index in [-0.39, 0.29) is 17.0 Å². The molecule has 0 spiro atoms. The number of aromatic nitrogens is 4. The molecule has 1 aliphatic rings. The van der Waals surface area contributed by atoms with Crippen LogP contribution in [0.25, 0.3) is 22.2 Å². The highest BCUT2D eigenvalue weighted by Gasteiger charge is 2.29. The van der Waals surface area contributed by atoms with Gasteiger partial charge in [-0.05, 0) is 67.7 Å². The number of carbonyl (C=O) groups is 1. The van der Waals surface area contributed by atoms with Gasteiger partial charge in [0.05, 0.1) is 17.1 Å². The smallest absolute Gasteiger partial charge is 0.410 e. The predicted molar refractivity (Wildman–Crippen MR) is 144 cm³/mol. The molecule has 1 saturated heterocycles.